The zero-order chi connectivity index (χ0) is 12.3. The fourth-order valence-corrected chi connectivity index (χ4v) is 1.84. The number of allylic oxidation sites excluding steroid dienone is 1. The standard InChI is InChI=1S/C5H12O7P2/c1-5(2)3-4-11-14(9,10)12-13(6,7)8/h3H,4H2,1-2H3,(H,9,10)(H2,6,7,8)/i4D. The van der Waals surface area contributed by atoms with E-state index in [2.05, 4.69) is 8.83 Å². The molecule has 14 heavy (non-hydrogen) atoms. The molecule has 0 aromatic carbocycles. The van der Waals surface area contributed by atoms with Crippen LogP contribution >= 0.6 is 15.6 Å². The molecule has 0 fully saturated rings. The maximum atomic E-state index is 10.9. The minimum Gasteiger partial charge on any atom is -0.302 e. The van der Waals surface area contributed by atoms with Crippen molar-refractivity contribution in [3.05, 3.63) is 11.6 Å². The van der Waals surface area contributed by atoms with Crippen LogP contribution in [0.3, 0.4) is 0 Å². The van der Waals surface area contributed by atoms with Crippen LogP contribution in [0.5, 0.6) is 0 Å². The van der Waals surface area contributed by atoms with Crippen LogP contribution < -0.4 is 0 Å². The van der Waals surface area contributed by atoms with E-state index < -0.39 is 22.2 Å². The molecule has 0 saturated heterocycles. The van der Waals surface area contributed by atoms with Crippen LogP contribution in [-0.2, 0) is 18.0 Å². The van der Waals surface area contributed by atoms with Gasteiger partial charge in [0.2, 0.25) is 0 Å². The van der Waals surface area contributed by atoms with Crippen molar-refractivity contribution in [2.24, 2.45) is 0 Å². The fourth-order valence-electron chi connectivity index (χ4n) is 0.397. The van der Waals surface area contributed by atoms with Gasteiger partial charge in [0.05, 0.1) is 7.95 Å². The van der Waals surface area contributed by atoms with Crippen LogP contribution in [0.2, 0.25) is 0 Å². The summed E-state index contributed by atoms with van der Waals surface area (Å²) in [6.45, 7) is 1.71. The highest BCUT2D eigenvalue weighted by Gasteiger charge is 2.31. The smallest absolute Gasteiger partial charge is 0.302 e. The molecule has 84 valence electrons. The third-order valence-corrected chi connectivity index (χ3v) is 2.87. The Morgan fingerprint density at radius 2 is 1.93 bits per heavy atom. The number of hydrogen-bond donors (Lipinski definition) is 3. The van der Waals surface area contributed by atoms with Crippen molar-refractivity contribution in [2.45, 2.75) is 13.8 Å². The Kier molecular flexibility index (Phi) is 4.47. The Balaban J connectivity index is 4.46. The molecule has 7 nitrogen and oxygen atoms in total. The third-order valence-electron chi connectivity index (χ3n) is 0.805. The van der Waals surface area contributed by atoms with Crippen molar-refractivity contribution in [1.82, 2.24) is 0 Å². The summed E-state index contributed by atoms with van der Waals surface area (Å²) < 4.78 is 35.8. The van der Waals surface area contributed by atoms with Crippen LogP contribution in [0.25, 0.3) is 0 Å². The highest BCUT2D eigenvalue weighted by atomic mass is 31.3. The molecular weight excluding hydrogens is 234 g/mol. The van der Waals surface area contributed by atoms with Crippen LogP contribution in [0, 0.1) is 0 Å². The first-order valence-electron chi connectivity index (χ1n) is 3.95. The van der Waals surface area contributed by atoms with Crippen LogP contribution in [-0.4, -0.2) is 21.3 Å². The number of phosphoric ester groups is 1. The molecule has 9 heteroatoms. The number of rotatable bonds is 5. The fraction of sp³-hybridized carbons (Fsp3) is 0.600. The lowest BCUT2D eigenvalue weighted by atomic mass is 10.3. The van der Waals surface area contributed by atoms with Crippen LogP contribution in [0.4, 0.5) is 0 Å². The summed E-state index contributed by atoms with van der Waals surface area (Å²) >= 11 is 0. The SMILES string of the molecule is [2H]C(C=C(C)C)OP(=O)(O)OP(=O)(O)O. The molecule has 0 aliphatic heterocycles. The van der Waals surface area contributed by atoms with Gasteiger partial charge in [-0.25, -0.2) is 9.13 Å². The lowest BCUT2D eigenvalue weighted by Gasteiger charge is -2.10. The van der Waals surface area contributed by atoms with Crippen molar-refractivity contribution >= 4 is 15.6 Å². The number of phosphoric acid groups is 2. The van der Waals surface area contributed by atoms with E-state index in [1.54, 1.807) is 13.8 Å². The maximum absolute atomic E-state index is 10.9. The lowest BCUT2D eigenvalue weighted by molar-refractivity contribution is 0.191. The van der Waals surface area contributed by atoms with E-state index in [1.807, 2.05) is 0 Å². The highest BCUT2D eigenvalue weighted by Crippen LogP contribution is 2.57. The normalized spacial score (nSPS) is 19.4. The molecule has 3 N–H and O–H groups in total. The zero-order valence-electron chi connectivity index (χ0n) is 8.52. The molecule has 0 aromatic heterocycles. The predicted octanol–water partition coefficient (Wildman–Crippen LogP) is 1.18. The van der Waals surface area contributed by atoms with Crippen LogP contribution in [0.15, 0.2) is 11.6 Å². The average Bonchev–Trinajstić information content (AvgIpc) is 1.73. The molecule has 2 atom stereocenters. The van der Waals surface area contributed by atoms with E-state index in [-0.39, 0.29) is 0 Å². The monoisotopic (exact) mass is 247 g/mol. The van der Waals surface area contributed by atoms with Crippen molar-refractivity contribution < 1.29 is 34.0 Å². The molecule has 0 bridgehead atoms. The number of hydrogen-bond acceptors (Lipinski definition) is 4. The molecule has 0 rings (SSSR count). The maximum Gasteiger partial charge on any atom is 0.481 e. The van der Waals surface area contributed by atoms with E-state index in [9.17, 15) is 9.13 Å². The van der Waals surface area contributed by atoms with Gasteiger partial charge in [-0.1, -0.05) is 11.6 Å². The summed E-state index contributed by atoms with van der Waals surface area (Å²) in [5.41, 5.74) is 0.645. The van der Waals surface area contributed by atoms with E-state index in [0.29, 0.717) is 5.57 Å². The summed E-state index contributed by atoms with van der Waals surface area (Å²) in [6, 6.07) is 0. The van der Waals surface area contributed by atoms with Gasteiger partial charge in [-0.3, -0.25) is 4.52 Å². The molecule has 0 aromatic rings. The average molecular weight is 247 g/mol. The molecular formula is C5H12O7P2. The first-order valence-corrected chi connectivity index (χ1v) is 6.40. The van der Waals surface area contributed by atoms with Crippen LogP contribution in [0.1, 0.15) is 15.2 Å². The second kappa shape index (κ2) is 5.19. The zero-order valence-corrected chi connectivity index (χ0v) is 9.31. The quantitative estimate of drug-likeness (QED) is 0.493. The summed E-state index contributed by atoms with van der Waals surface area (Å²) in [5, 5.41) is 0. The topological polar surface area (TPSA) is 113 Å². The summed E-state index contributed by atoms with van der Waals surface area (Å²) in [6.07, 6.45) is 1.17. The first kappa shape index (κ1) is 12.1. The highest BCUT2D eigenvalue weighted by molar-refractivity contribution is 7.60. The Labute approximate surface area is 82.6 Å². The largest absolute Gasteiger partial charge is 0.481 e. The Morgan fingerprint density at radius 1 is 1.43 bits per heavy atom. The second-order valence-corrected chi connectivity index (χ2v) is 5.31. The first-order chi connectivity index (χ1) is 6.52. The minimum atomic E-state index is -5.12. The van der Waals surface area contributed by atoms with Gasteiger partial charge in [-0.15, -0.1) is 0 Å². The predicted molar refractivity (Wildman–Crippen MR) is 48.3 cm³/mol. The minimum absolute atomic E-state index is 0.645. The molecule has 0 spiro atoms. The van der Waals surface area contributed by atoms with E-state index >= 15 is 0 Å². The third kappa shape index (κ3) is 8.59. The summed E-state index contributed by atoms with van der Waals surface area (Å²) in [7, 11) is -10.0. The summed E-state index contributed by atoms with van der Waals surface area (Å²) in [5.74, 6) is 0. The van der Waals surface area contributed by atoms with Crippen molar-refractivity contribution in [3.8, 4) is 0 Å². The van der Waals surface area contributed by atoms with Gasteiger partial charge in [0, 0.05) is 0 Å². The van der Waals surface area contributed by atoms with E-state index in [0.717, 1.165) is 0 Å². The molecule has 0 saturated carbocycles. The van der Waals surface area contributed by atoms with Gasteiger partial charge in [0.1, 0.15) is 0 Å². The molecule has 0 radical (unpaired) electrons. The van der Waals surface area contributed by atoms with E-state index in [4.69, 9.17) is 16.1 Å². The van der Waals surface area contributed by atoms with Gasteiger partial charge < -0.3 is 14.7 Å². The summed E-state index contributed by atoms with van der Waals surface area (Å²) in [4.78, 5) is 25.3. The lowest BCUT2D eigenvalue weighted by Crippen LogP contribution is -1.94. The molecule has 0 aliphatic rings. The van der Waals surface area contributed by atoms with Gasteiger partial charge >= 0.3 is 15.6 Å². The molecule has 0 aliphatic carbocycles. The van der Waals surface area contributed by atoms with Gasteiger partial charge in [-0.05, 0) is 13.8 Å². The second-order valence-electron chi connectivity index (χ2n) is 2.53. The molecule has 0 heterocycles. The Bertz CT molecular complexity index is 330. The van der Waals surface area contributed by atoms with Gasteiger partial charge in [0.15, 0.2) is 0 Å². The Hall–Kier alpha value is -0.0000000000000000416. The van der Waals surface area contributed by atoms with E-state index in [1.165, 1.54) is 6.08 Å². The van der Waals surface area contributed by atoms with Gasteiger partial charge in [0.25, 0.3) is 0 Å². The van der Waals surface area contributed by atoms with Crippen molar-refractivity contribution in [1.29, 1.82) is 0 Å². The van der Waals surface area contributed by atoms with Crippen molar-refractivity contribution in [3.63, 3.8) is 0 Å². The van der Waals surface area contributed by atoms with Crippen molar-refractivity contribution in [2.75, 3.05) is 6.58 Å². The molecule has 2 unspecified atom stereocenters. The Morgan fingerprint density at radius 3 is 2.29 bits per heavy atom. The molecule has 0 amide bonds. The van der Waals surface area contributed by atoms with Gasteiger partial charge in [-0.2, -0.15) is 4.31 Å².